The molecule has 1 heterocycles. The number of likely N-dealkylation sites (tertiary alicyclic amines) is 1. The number of benzene rings is 1. The molecule has 0 aromatic heterocycles. The number of halogens is 3. The first-order chi connectivity index (χ1) is 11.8. The molecular weight excluding hydrogens is 335 g/mol. The minimum absolute atomic E-state index is 0.170. The Morgan fingerprint density at radius 3 is 2.68 bits per heavy atom. The van der Waals surface area contributed by atoms with Crippen LogP contribution in [0.1, 0.15) is 37.7 Å². The van der Waals surface area contributed by atoms with E-state index in [2.05, 4.69) is 0 Å². The van der Waals surface area contributed by atoms with E-state index in [0.717, 1.165) is 25.7 Å². The number of carboxylic acid groups (broad SMARTS) is 1. The molecular formula is C18H22F3NO3. The molecule has 0 radical (unpaired) electrons. The number of hydrogen-bond donors (Lipinski definition) is 1. The molecule has 7 heteroatoms. The summed E-state index contributed by atoms with van der Waals surface area (Å²) >= 11 is 0. The molecule has 2 aliphatic rings. The Hall–Kier alpha value is -1.76. The van der Waals surface area contributed by atoms with Crippen LogP contribution in [0, 0.1) is 5.92 Å². The quantitative estimate of drug-likeness (QED) is 0.870. The van der Waals surface area contributed by atoms with Crippen molar-refractivity contribution in [3.8, 4) is 5.75 Å². The lowest BCUT2D eigenvalue weighted by Gasteiger charge is -2.33. The molecule has 138 valence electrons. The van der Waals surface area contributed by atoms with Crippen LogP contribution >= 0.6 is 0 Å². The number of fused-ring (bicyclic) bond motifs is 1. The molecule has 1 N–H and O–H groups in total. The van der Waals surface area contributed by atoms with Crippen LogP contribution in [-0.2, 0) is 11.3 Å². The fourth-order valence-electron chi connectivity index (χ4n) is 4.15. The van der Waals surface area contributed by atoms with Crippen LogP contribution in [0.25, 0.3) is 0 Å². The second-order valence-corrected chi connectivity index (χ2v) is 6.89. The molecule has 1 aliphatic carbocycles. The van der Waals surface area contributed by atoms with Crippen molar-refractivity contribution in [3.63, 3.8) is 0 Å². The zero-order valence-electron chi connectivity index (χ0n) is 13.8. The topological polar surface area (TPSA) is 49.8 Å². The Morgan fingerprint density at radius 2 is 1.96 bits per heavy atom. The first-order valence-corrected chi connectivity index (χ1v) is 8.61. The minimum Gasteiger partial charge on any atom is -0.484 e. The van der Waals surface area contributed by atoms with Crippen molar-refractivity contribution in [2.24, 2.45) is 5.92 Å². The molecule has 3 rings (SSSR count). The van der Waals surface area contributed by atoms with Gasteiger partial charge in [-0.1, -0.05) is 31.0 Å². The van der Waals surface area contributed by atoms with E-state index in [0.29, 0.717) is 24.4 Å². The molecule has 3 unspecified atom stereocenters. The molecule has 0 amide bonds. The predicted molar refractivity (Wildman–Crippen MR) is 85.3 cm³/mol. The number of hydrogen-bond acceptors (Lipinski definition) is 3. The van der Waals surface area contributed by atoms with Crippen LogP contribution in [-0.4, -0.2) is 40.8 Å². The number of ether oxygens (including phenoxy) is 1. The van der Waals surface area contributed by atoms with E-state index in [-0.39, 0.29) is 11.8 Å². The van der Waals surface area contributed by atoms with Gasteiger partial charge in [-0.25, -0.2) is 0 Å². The molecule has 25 heavy (non-hydrogen) atoms. The summed E-state index contributed by atoms with van der Waals surface area (Å²) in [7, 11) is 0. The Bertz CT molecular complexity index is 620. The molecule has 1 aromatic rings. The summed E-state index contributed by atoms with van der Waals surface area (Å²) in [6.45, 7) is -1.05. The van der Waals surface area contributed by atoms with Crippen molar-refractivity contribution in [2.45, 2.75) is 56.9 Å². The number of carbonyl (C=O) groups is 1. The van der Waals surface area contributed by atoms with Crippen LogP contribution in [0.15, 0.2) is 24.3 Å². The molecule has 1 aliphatic heterocycles. The Morgan fingerprint density at radius 1 is 1.24 bits per heavy atom. The lowest BCUT2D eigenvalue weighted by Crippen LogP contribution is -2.41. The molecule has 0 spiro atoms. The van der Waals surface area contributed by atoms with Gasteiger partial charge in [0.05, 0.1) is 0 Å². The summed E-state index contributed by atoms with van der Waals surface area (Å²) in [6, 6.07) is 6.18. The average Bonchev–Trinajstić information content (AvgIpc) is 2.92. The van der Waals surface area contributed by atoms with Gasteiger partial charge >= 0.3 is 12.1 Å². The molecule has 1 aromatic carbocycles. The Kier molecular flexibility index (Phi) is 5.22. The number of para-hydroxylation sites is 1. The van der Waals surface area contributed by atoms with E-state index in [1.165, 1.54) is 6.07 Å². The first kappa shape index (κ1) is 18.0. The van der Waals surface area contributed by atoms with E-state index < -0.39 is 24.8 Å². The van der Waals surface area contributed by atoms with Gasteiger partial charge in [-0.15, -0.1) is 0 Å². The van der Waals surface area contributed by atoms with Crippen LogP contribution in [0.5, 0.6) is 5.75 Å². The van der Waals surface area contributed by atoms with Crippen LogP contribution in [0.3, 0.4) is 0 Å². The maximum atomic E-state index is 12.5. The third-order valence-corrected chi connectivity index (χ3v) is 5.22. The van der Waals surface area contributed by atoms with Crippen molar-refractivity contribution in [1.29, 1.82) is 0 Å². The smallest absolute Gasteiger partial charge is 0.422 e. The summed E-state index contributed by atoms with van der Waals surface area (Å²) in [5, 5.41) is 9.57. The SMILES string of the molecule is O=C(O)C1CC2CCCCC2N1Cc1ccccc1OCC(F)(F)F. The number of aliphatic carboxylic acids is 1. The highest BCUT2D eigenvalue weighted by molar-refractivity contribution is 5.74. The lowest BCUT2D eigenvalue weighted by atomic mass is 9.84. The number of carboxylic acids is 1. The number of rotatable bonds is 5. The highest BCUT2D eigenvalue weighted by atomic mass is 19.4. The van der Waals surface area contributed by atoms with Gasteiger partial charge in [-0.05, 0) is 31.2 Å². The van der Waals surface area contributed by atoms with Crippen LogP contribution < -0.4 is 4.74 Å². The fraction of sp³-hybridized carbons (Fsp3) is 0.611. The van der Waals surface area contributed by atoms with Gasteiger partial charge in [0.15, 0.2) is 6.61 Å². The average molecular weight is 357 g/mol. The first-order valence-electron chi connectivity index (χ1n) is 8.61. The Balaban J connectivity index is 1.79. The van der Waals surface area contributed by atoms with Gasteiger partial charge < -0.3 is 9.84 Å². The van der Waals surface area contributed by atoms with Crippen molar-refractivity contribution in [2.75, 3.05) is 6.61 Å². The van der Waals surface area contributed by atoms with E-state index in [4.69, 9.17) is 4.74 Å². The standard InChI is InChI=1S/C18H22F3NO3/c19-18(20,21)11-25-16-8-4-2-6-13(16)10-22-14-7-3-1-5-12(14)9-15(22)17(23)24/h2,4,6,8,12,14-15H,1,3,5,7,9-11H2,(H,23,24). The second kappa shape index (κ2) is 7.23. The highest BCUT2D eigenvalue weighted by Gasteiger charge is 2.45. The zero-order chi connectivity index (χ0) is 18.0. The van der Waals surface area contributed by atoms with Crippen molar-refractivity contribution in [3.05, 3.63) is 29.8 Å². The van der Waals surface area contributed by atoms with E-state index in [1.54, 1.807) is 18.2 Å². The maximum Gasteiger partial charge on any atom is 0.422 e. The highest BCUT2D eigenvalue weighted by Crippen LogP contribution is 2.41. The molecule has 3 atom stereocenters. The van der Waals surface area contributed by atoms with Gasteiger partial charge in [-0.2, -0.15) is 13.2 Å². The predicted octanol–water partition coefficient (Wildman–Crippen LogP) is 3.85. The molecule has 1 saturated heterocycles. The van der Waals surface area contributed by atoms with Gasteiger partial charge in [0.25, 0.3) is 0 Å². The summed E-state index contributed by atoms with van der Waals surface area (Å²) in [4.78, 5) is 13.6. The van der Waals surface area contributed by atoms with Crippen molar-refractivity contribution in [1.82, 2.24) is 4.90 Å². The normalized spacial score (nSPS) is 27.1. The maximum absolute atomic E-state index is 12.5. The van der Waals surface area contributed by atoms with Crippen molar-refractivity contribution >= 4 is 5.97 Å². The summed E-state index contributed by atoms with van der Waals surface area (Å²) in [6.07, 6.45) is 0.366. The van der Waals surface area contributed by atoms with Gasteiger partial charge in [0.1, 0.15) is 11.8 Å². The second-order valence-electron chi connectivity index (χ2n) is 6.89. The minimum atomic E-state index is -4.40. The zero-order valence-corrected chi connectivity index (χ0v) is 13.8. The third-order valence-electron chi connectivity index (χ3n) is 5.22. The molecule has 1 saturated carbocycles. The van der Waals surface area contributed by atoms with E-state index >= 15 is 0 Å². The summed E-state index contributed by atoms with van der Waals surface area (Å²) in [5.74, 6) is -0.329. The molecule has 2 fully saturated rings. The third kappa shape index (κ3) is 4.26. The van der Waals surface area contributed by atoms with Gasteiger partial charge in [-0.3, -0.25) is 9.69 Å². The number of nitrogens with zero attached hydrogens (tertiary/aromatic N) is 1. The van der Waals surface area contributed by atoms with E-state index in [9.17, 15) is 23.1 Å². The largest absolute Gasteiger partial charge is 0.484 e. The molecule has 0 bridgehead atoms. The van der Waals surface area contributed by atoms with Gasteiger partial charge in [0, 0.05) is 18.2 Å². The van der Waals surface area contributed by atoms with E-state index in [1.807, 2.05) is 4.90 Å². The monoisotopic (exact) mass is 357 g/mol. The fourth-order valence-corrected chi connectivity index (χ4v) is 4.15. The van der Waals surface area contributed by atoms with Gasteiger partial charge in [0.2, 0.25) is 0 Å². The summed E-state index contributed by atoms with van der Waals surface area (Å²) in [5.41, 5.74) is 0.601. The summed E-state index contributed by atoms with van der Waals surface area (Å²) < 4.78 is 42.3. The van der Waals surface area contributed by atoms with Crippen molar-refractivity contribution < 1.29 is 27.8 Å². The number of alkyl halides is 3. The van der Waals surface area contributed by atoms with Crippen LogP contribution in [0.2, 0.25) is 0 Å². The molecule has 4 nitrogen and oxygen atoms in total. The lowest BCUT2D eigenvalue weighted by molar-refractivity contribution is -0.153. The van der Waals surface area contributed by atoms with Crippen LogP contribution in [0.4, 0.5) is 13.2 Å². The Labute approximate surface area is 144 Å².